The van der Waals surface area contributed by atoms with Gasteiger partial charge in [0.1, 0.15) is 5.82 Å². The third kappa shape index (κ3) is 4.97. The number of hydrogen-bond acceptors (Lipinski definition) is 7. The number of anilines is 1. The molecule has 0 fully saturated rings. The second-order valence-corrected chi connectivity index (χ2v) is 8.47. The predicted octanol–water partition coefficient (Wildman–Crippen LogP) is 5.70. The molecule has 0 spiro atoms. The van der Waals surface area contributed by atoms with Crippen molar-refractivity contribution in [3.8, 4) is 11.6 Å². The van der Waals surface area contributed by atoms with E-state index in [0.717, 1.165) is 33.7 Å². The molecular formula is C25H17F2N5O2S. The van der Waals surface area contributed by atoms with Crippen LogP contribution in [0.25, 0.3) is 11.0 Å². The first kappa shape index (κ1) is 22.5. The van der Waals surface area contributed by atoms with E-state index in [2.05, 4.69) is 24.6 Å². The van der Waals surface area contributed by atoms with Gasteiger partial charge in [-0.1, -0.05) is 12.1 Å². The summed E-state index contributed by atoms with van der Waals surface area (Å²) in [4.78, 5) is 27.0. The van der Waals surface area contributed by atoms with Gasteiger partial charge in [0.05, 0.1) is 39.9 Å². The van der Waals surface area contributed by atoms with Crippen molar-refractivity contribution >= 4 is 34.2 Å². The second-order valence-electron chi connectivity index (χ2n) is 7.61. The zero-order chi connectivity index (χ0) is 24.4. The van der Waals surface area contributed by atoms with Crippen molar-refractivity contribution in [3.63, 3.8) is 0 Å². The van der Waals surface area contributed by atoms with Crippen LogP contribution >= 0.6 is 11.5 Å². The summed E-state index contributed by atoms with van der Waals surface area (Å²) in [5.74, 6) is -1.94. The van der Waals surface area contributed by atoms with Crippen molar-refractivity contribution in [1.29, 1.82) is 0 Å². The maximum atomic E-state index is 13.8. The molecule has 0 saturated heterocycles. The van der Waals surface area contributed by atoms with Crippen LogP contribution < -0.4 is 10.1 Å². The van der Waals surface area contributed by atoms with Gasteiger partial charge in [0.25, 0.3) is 5.91 Å². The summed E-state index contributed by atoms with van der Waals surface area (Å²) < 4.78 is 36.5. The van der Waals surface area contributed by atoms with Gasteiger partial charge in [0.2, 0.25) is 5.88 Å². The van der Waals surface area contributed by atoms with Crippen LogP contribution in [-0.2, 0) is 6.42 Å². The predicted molar refractivity (Wildman–Crippen MR) is 128 cm³/mol. The third-order valence-electron chi connectivity index (χ3n) is 5.10. The Morgan fingerprint density at radius 3 is 2.63 bits per heavy atom. The number of carbonyl (C=O) groups excluding carboxylic acids is 1. The number of nitrogens with zero attached hydrogens (tertiary/aromatic N) is 4. The molecule has 5 rings (SSSR count). The van der Waals surface area contributed by atoms with E-state index >= 15 is 0 Å². The van der Waals surface area contributed by atoms with E-state index in [-0.39, 0.29) is 17.5 Å². The maximum Gasteiger partial charge on any atom is 0.258 e. The van der Waals surface area contributed by atoms with Crippen LogP contribution in [0.15, 0.2) is 67.0 Å². The van der Waals surface area contributed by atoms with Gasteiger partial charge >= 0.3 is 0 Å². The molecule has 2 aromatic carbocycles. The Morgan fingerprint density at radius 2 is 1.86 bits per heavy atom. The number of pyridine rings is 1. The van der Waals surface area contributed by atoms with E-state index in [1.54, 1.807) is 19.2 Å². The number of aromatic nitrogens is 4. The van der Waals surface area contributed by atoms with Gasteiger partial charge in [-0.25, -0.2) is 18.7 Å². The summed E-state index contributed by atoms with van der Waals surface area (Å²) in [6, 6.07) is 13.6. The first-order valence-electron chi connectivity index (χ1n) is 10.5. The van der Waals surface area contributed by atoms with Crippen LogP contribution in [0, 0.1) is 18.6 Å². The summed E-state index contributed by atoms with van der Waals surface area (Å²) in [5, 5.41) is 2.80. The standard InChI is InChI=1S/C25H17F2N5O2S/c1-14-24(22(35-32-14)11-17-13-28-19-4-2-3-5-20(19)30-17)25(33)31-16-7-9-23(29-12-16)34-21-8-6-15(26)10-18(21)27/h2-10,12-13H,11H2,1H3,(H,31,33). The van der Waals surface area contributed by atoms with Crippen LogP contribution in [0.5, 0.6) is 11.6 Å². The highest BCUT2D eigenvalue weighted by molar-refractivity contribution is 7.06. The summed E-state index contributed by atoms with van der Waals surface area (Å²) in [6.45, 7) is 1.77. The molecule has 0 aliphatic carbocycles. The summed E-state index contributed by atoms with van der Waals surface area (Å²) in [7, 11) is 0. The molecule has 174 valence electrons. The number of aryl methyl sites for hydroxylation is 1. The number of para-hydroxylation sites is 2. The summed E-state index contributed by atoms with van der Waals surface area (Å²) in [6.07, 6.45) is 3.50. The van der Waals surface area contributed by atoms with Crippen molar-refractivity contribution in [2.45, 2.75) is 13.3 Å². The third-order valence-corrected chi connectivity index (χ3v) is 6.04. The Bertz CT molecular complexity index is 1540. The fourth-order valence-electron chi connectivity index (χ4n) is 3.45. The lowest BCUT2D eigenvalue weighted by atomic mass is 10.1. The maximum absolute atomic E-state index is 13.8. The highest BCUT2D eigenvalue weighted by atomic mass is 32.1. The molecule has 0 saturated carbocycles. The van der Waals surface area contributed by atoms with Gasteiger partial charge in [-0.2, -0.15) is 4.37 Å². The first-order valence-corrected chi connectivity index (χ1v) is 11.3. The highest BCUT2D eigenvalue weighted by Gasteiger charge is 2.20. The zero-order valence-corrected chi connectivity index (χ0v) is 19.1. The lowest BCUT2D eigenvalue weighted by Gasteiger charge is -2.09. The van der Waals surface area contributed by atoms with E-state index in [4.69, 9.17) is 4.74 Å². The summed E-state index contributed by atoms with van der Waals surface area (Å²) >= 11 is 1.24. The van der Waals surface area contributed by atoms with Crippen molar-refractivity contribution in [2.75, 3.05) is 5.32 Å². The molecule has 0 atom stereocenters. The van der Waals surface area contributed by atoms with Gasteiger partial charge in [-0.15, -0.1) is 0 Å². The number of hydrogen-bond donors (Lipinski definition) is 1. The lowest BCUT2D eigenvalue weighted by Crippen LogP contribution is -2.14. The minimum absolute atomic E-state index is 0.0949. The average Bonchev–Trinajstić information content (AvgIpc) is 3.21. The van der Waals surface area contributed by atoms with E-state index in [0.29, 0.717) is 23.4 Å². The van der Waals surface area contributed by atoms with Gasteiger partial charge in [0, 0.05) is 29.6 Å². The largest absolute Gasteiger partial charge is 0.436 e. The number of rotatable bonds is 6. The van der Waals surface area contributed by atoms with Crippen LogP contribution in [-0.4, -0.2) is 25.2 Å². The topological polar surface area (TPSA) is 89.9 Å². The van der Waals surface area contributed by atoms with Crippen molar-refractivity contribution in [2.24, 2.45) is 0 Å². The van der Waals surface area contributed by atoms with Gasteiger partial charge in [-0.3, -0.25) is 9.78 Å². The highest BCUT2D eigenvalue weighted by Crippen LogP contribution is 2.26. The lowest BCUT2D eigenvalue weighted by molar-refractivity contribution is 0.102. The Balaban J connectivity index is 1.30. The smallest absolute Gasteiger partial charge is 0.258 e. The number of amides is 1. The fraction of sp³-hybridized carbons (Fsp3) is 0.0800. The average molecular weight is 490 g/mol. The molecule has 7 nitrogen and oxygen atoms in total. The molecule has 3 heterocycles. The number of ether oxygens (including phenoxy) is 1. The van der Waals surface area contributed by atoms with Crippen LogP contribution in [0.1, 0.15) is 26.6 Å². The van der Waals surface area contributed by atoms with E-state index < -0.39 is 11.6 Å². The number of halogens is 2. The molecule has 10 heteroatoms. The molecule has 0 radical (unpaired) electrons. The van der Waals surface area contributed by atoms with E-state index in [9.17, 15) is 13.6 Å². The molecule has 1 amide bonds. The zero-order valence-electron chi connectivity index (χ0n) is 18.3. The first-order chi connectivity index (χ1) is 17.0. The number of fused-ring (bicyclic) bond motifs is 1. The van der Waals surface area contributed by atoms with Crippen LogP contribution in [0.3, 0.4) is 0 Å². The molecule has 3 aromatic heterocycles. The monoisotopic (exact) mass is 489 g/mol. The minimum Gasteiger partial charge on any atom is -0.436 e. The Hall–Kier alpha value is -4.31. The molecule has 0 aliphatic rings. The molecule has 35 heavy (non-hydrogen) atoms. The Labute approximate surface area is 202 Å². The fourth-order valence-corrected chi connectivity index (χ4v) is 4.33. The molecule has 0 aliphatic heterocycles. The van der Waals surface area contributed by atoms with Crippen molar-refractivity contribution in [1.82, 2.24) is 19.3 Å². The van der Waals surface area contributed by atoms with Gasteiger partial charge < -0.3 is 10.1 Å². The van der Waals surface area contributed by atoms with Crippen LogP contribution in [0.2, 0.25) is 0 Å². The number of nitrogens with one attached hydrogen (secondary N) is 1. The quantitative estimate of drug-likeness (QED) is 0.329. The van der Waals surface area contributed by atoms with E-state index in [1.807, 2.05) is 24.3 Å². The molecule has 0 unspecified atom stereocenters. The normalized spacial score (nSPS) is 10.9. The van der Waals surface area contributed by atoms with Crippen LogP contribution in [0.4, 0.5) is 14.5 Å². The molecular weight excluding hydrogens is 472 g/mol. The SMILES string of the molecule is Cc1nsc(Cc2cnc3ccccc3n2)c1C(=O)Nc1ccc(Oc2ccc(F)cc2F)nc1. The molecule has 1 N–H and O–H groups in total. The minimum atomic E-state index is -0.840. The van der Waals surface area contributed by atoms with Crippen molar-refractivity contribution < 1.29 is 18.3 Å². The molecule has 0 bridgehead atoms. The van der Waals surface area contributed by atoms with E-state index in [1.165, 1.54) is 29.9 Å². The molecule has 5 aromatic rings. The van der Waals surface area contributed by atoms with Gasteiger partial charge in [0.15, 0.2) is 11.6 Å². The van der Waals surface area contributed by atoms with Crippen molar-refractivity contribution in [3.05, 3.63) is 100 Å². The number of benzene rings is 2. The van der Waals surface area contributed by atoms with Gasteiger partial charge in [-0.05, 0) is 48.8 Å². The Morgan fingerprint density at radius 1 is 1.03 bits per heavy atom. The summed E-state index contributed by atoms with van der Waals surface area (Å²) in [5.41, 5.74) is 3.82. The number of carbonyl (C=O) groups is 1. The Kier molecular flexibility index (Phi) is 6.11. The second kappa shape index (κ2) is 9.51.